The van der Waals surface area contributed by atoms with Crippen molar-refractivity contribution in [1.29, 1.82) is 0 Å². The van der Waals surface area contributed by atoms with Crippen LogP contribution in [0.15, 0.2) is 73.6 Å². The van der Waals surface area contributed by atoms with Crippen molar-refractivity contribution >= 4 is 81.2 Å². The lowest BCUT2D eigenvalue weighted by molar-refractivity contribution is 0.0507. The number of carbonyl (C=O) groups excluding carboxylic acids is 2. The number of pyridine rings is 3. The molecule has 6 aromatic rings. The number of H-pyrrole nitrogens is 1. The van der Waals surface area contributed by atoms with E-state index in [4.69, 9.17) is 34.4 Å². The highest BCUT2D eigenvalue weighted by atomic mass is 35.5. The van der Waals surface area contributed by atoms with Gasteiger partial charge in [-0.2, -0.15) is 0 Å². The number of nitrogens with zero attached hydrogens (tertiary/aromatic N) is 5. The van der Waals surface area contributed by atoms with Gasteiger partial charge in [0.25, 0.3) is 0 Å². The molecule has 6 heterocycles. The van der Waals surface area contributed by atoms with Crippen LogP contribution in [-0.4, -0.2) is 110 Å². The number of ether oxygens (including phenoxy) is 2. The number of aromatic amines is 1. The number of rotatable bonds is 22. The van der Waals surface area contributed by atoms with E-state index in [2.05, 4.69) is 126 Å². The number of aromatic nitrogens is 6. The fourth-order valence-electron chi connectivity index (χ4n) is 7.15. The molecule has 0 aliphatic rings. The summed E-state index contributed by atoms with van der Waals surface area (Å²) in [5.41, 5.74) is 5.08. The van der Waals surface area contributed by atoms with Gasteiger partial charge in [-0.05, 0) is 143 Å². The summed E-state index contributed by atoms with van der Waals surface area (Å²) >= 11 is 5.60. The van der Waals surface area contributed by atoms with Gasteiger partial charge in [0.05, 0.1) is 30.9 Å². The Morgan fingerprint density at radius 2 is 1.00 bits per heavy atom. The average molecular weight is 1120 g/mol. The molecule has 18 heteroatoms. The Balaban J connectivity index is 0.000000278. The first kappa shape index (κ1) is 66.1. The highest BCUT2D eigenvalue weighted by Gasteiger charge is 2.38. The number of aryl methyl sites for hydroxylation is 2. The van der Waals surface area contributed by atoms with Gasteiger partial charge in [0.15, 0.2) is 25.0 Å². The van der Waals surface area contributed by atoms with Crippen LogP contribution in [0.2, 0.25) is 54.4 Å². The lowest BCUT2D eigenvalue weighted by atomic mass is 10.2. The average Bonchev–Trinajstić information content (AvgIpc) is 4.06. The molecule has 14 nitrogen and oxygen atoms in total. The molecule has 0 bridgehead atoms. The van der Waals surface area contributed by atoms with E-state index in [-0.39, 0.29) is 28.6 Å². The van der Waals surface area contributed by atoms with Crippen LogP contribution >= 0.6 is 11.6 Å². The summed E-state index contributed by atoms with van der Waals surface area (Å²) in [6.07, 6.45) is 16.8. The summed E-state index contributed by atoms with van der Waals surface area (Å²) in [4.78, 5) is 38.9. The molecule has 0 radical (unpaired) electrons. The molecule has 424 valence electrons. The van der Waals surface area contributed by atoms with Crippen molar-refractivity contribution in [2.24, 2.45) is 0 Å². The van der Waals surface area contributed by atoms with Crippen LogP contribution in [0.3, 0.4) is 0 Å². The molecular formula is C58H95ClN6O8Si3. The second-order valence-corrected chi connectivity index (χ2v) is 38.5. The quantitative estimate of drug-likeness (QED) is 0.0288. The van der Waals surface area contributed by atoms with E-state index in [9.17, 15) is 14.7 Å². The molecule has 0 spiro atoms. The van der Waals surface area contributed by atoms with Gasteiger partial charge in [-0.25, -0.2) is 9.59 Å². The van der Waals surface area contributed by atoms with Crippen LogP contribution < -0.4 is 0 Å². The Kier molecular flexibility index (Phi) is 26.3. The topological polar surface area (TPSA) is 165 Å². The van der Waals surface area contributed by atoms with E-state index in [0.29, 0.717) is 29.6 Å². The number of esters is 2. The molecule has 0 unspecified atom stereocenters. The Morgan fingerprint density at radius 1 is 0.579 bits per heavy atom. The highest BCUT2D eigenvalue weighted by molar-refractivity contribution is 6.74. The third kappa shape index (κ3) is 19.9. The lowest BCUT2D eigenvalue weighted by Crippen LogP contribution is -2.40. The van der Waals surface area contributed by atoms with Crippen LogP contribution in [-0.2, 0) is 42.4 Å². The molecular weight excluding hydrogens is 1030 g/mol. The number of hydrogen-bond donors (Lipinski definition) is 2. The van der Waals surface area contributed by atoms with Crippen molar-refractivity contribution in [3.05, 3.63) is 90.7 Å². The van der Waals surface area contributed by atoms with Crippen LogP contribution in [0.25, 0.3) is 32.7 Å². The Bertz CT molecular complexity index is 2650. The molecule has 0 amide bonds. The molecule has 0 fully saturated rings. The third-order valence-electron chi connectivity index (χ3n) is 14.9. The number of alkyl halides is 1. The molecule has 0 aliphatic heterocycles. The van der Waals surface area contributed by atoms with Crippen molar-refractivity contribution < 1.29 is 37.4 Å². The standard InChI is InChI=1S/C20H32N2O3Si.C18H30N2O2Si.C10H23ClOSi.C10H10N2O2/c1-7-24-19(23)18-14-16-15-21-11-10-17(16)22(18)12-8-9-13-25-26(5,6)20(2,3)4;1-18(2,3)23(4,5)22-11-7-6-10-20-16(14-21)12-15-13-19-9-8-17(15)20;1-10(2,3)13(4,5)12-9-7-6-8-11;1-2-14-10(13)9-5-7-6-11-4-3-8(7)12-9/h10-11,14-15H,7-9,12-13H2,1-6H3;8-9,12-13,21H,6-7,10-11,14H2,1-5H3;6-9H2,1-5H3;3-6,12H,2H2,1H3. The van der Waals surface area contributed by atoms with Crippen LogP contribution in [0.5, 0.6) is 0 Å². The van der Waals surface area contributed by atoms with Gasteiger partial charge >= 0.3 is 11.9 Å². The van der Waals surface area contributed by atoms with Gasteiger partial charge in [-0.3, -0.25) is 15.0 Å². The van der Waals surface area contributed by atoms with E-state index in [1.165, 1.54) is 0 Å². The molecule has 0 saturated heterocycles. The van der Waals surface area contributed by atoms with E-state index < -0.39 is 25.0 Å². The zero-order chi connectivity index (χ0) is 57.0. The van der Waals surface area contributed by atoms with Crippen LogP contribution in [0.4, 0.5) is 0 Å². The summed E-state index contributed by atoms with van der Waals surface area (Å²) in [7, 11) is -4.83. The number of hydrogen-bond acceptors (Lipinski definition) is 11. The minimum Gasteiger partial charge on any atom is -0.461 e. The predicted octanol–water partition coefficient (Wildman–Crippen LogP) is 15.1. The van der Waals surface area contributed by atoms with Gasteiger partial charge in [0.2, 0.25) is 0 Å². The zero-order valence-electron chi connectivity index (χ0n) is 49.5. The number of halogens is 1. The van der Waals surface area contributed by atoms with Crippen molar-refractivity contribution in [3.63, 3.8) is 0 Å². The van der Waals surface area contributed by atoms with Gasteiger partial charge in [0, 0.05) is 103 Å². The number of aliphatic hydroxyl groups excluding tert-OH is 1. The largest absolute Gasteiger partial charge is 0.461 e. The summed E-state index contributed by atoms with van der Waals surface area (Å²) in [6.45, 7) is 42.7. The Morgan fingerprint density at radius 3 is 1.45 bits per heavy atom. The molecule has 0 aromatic carbocycles. The fourth-order valence-corrected chi connectivity index (χ4v) is 10.6. The molecule has 76 heavy (non-hydrogen) atoms. The minimum atomic E-state index is -1.69. The normalized spacial score (nSPS) is 12.4. The number of aliphatic hydroxyl groups is 1. The Labute approximate surface area is 463 Å². The monoisotopic (exact) mass is 1120 g/mol. The number of carbonyl (C=O) groups is 2. The fraction of sp³-hybridized carbons (Fsp3) is 0.603. The maximum absolute atomic E-state index is 12.3. The number of unbranched alkanes of at least 4 members (excludes halogenated alkanes) is 3. The number of fused-ring (bicyclic) bond motifs is 3. The van der Waals surface area contributed by atoms with E-state index in [1.54, 1.807) is 44.0 Å². The predicted molar refractivity (Wildman–Crippen MR) is 321 cm³/mol. The summed E-state index contributed by atoms with van der Waals surface area (Å²) in [5.74, 6) is 0.144. The van der Waals surface area contributed by atoms with E-state index in [0.717, 1.165) is 116 Å². The SMILES string of the molecule is CC(C)(C)[Si](C)(C)OCCCCCl.CC(C)(C)[Si](C)(C)OCCCCn1c(CO)cc2cnccc21.CCOC(=O)c1cc2cnccc2[nH]1.CCOC(=O)c1cc2cnccc2n1CCCCO[Si](C)(C)C(C)(C)C. The van der Waals surface area contributed by atoms with Crippen LogP contribution in [0, 0.1) is 0 Å². The Hall–Kier alpha value is -4.21. The molecule has 2 N–H and O–H groups in total. The van der Waals surface area contributed by atoms with E-state index in [1.807, 2.05) is 48.0 Å². The van der Waals surface area contributed by atoms with Crippen LogP contribution in [0.1, 0.15) is 141 Å². The van der Waals surface area contributed by atoms with Crippen molar-refractivity contribution in [2.75, 3.05) is 38.9 Å². The number of nitrogens with one attached hydrogen (secondary N) is 1. The lowest BCUT2D eigenvalue weighted by Gasteiger charge is -2.36. The van der Waals surface area contributed by atoms with Crippen molar-refractivity contribution in [2.45, 2.75) is 189 Å². The van der Waals surface area contributed by atoms with Crippen molar-refractivity contribution in [1.82, 2.24) is 29.1 Å². The summed E-state index contributed by atoms with van der Waals surface area (Å²) in [6, 6.07) is 11.4. The maximum Gasteiger partial charge on any atom is 0.354 e. The van der Waals surface area contributed by atoms with E-state index >= 15 is 0 Å². The smallest absolute Gasteiger partial charge is 0.354 e. The first-order valence-corrected chi connectivity index (χ1v) is 36.5. The summed E-state index contributed by atoms with van der Waals surface area (Å²) in [5, 5.41) is 13.3. The third-order valence-corrected chi connectivity index (χ3v) is 28.8. The second-order valence-electron chi connectivity index (χ2n) is 23.7. The molecule has 0 aliphatic carbocycles. The minimum absolute atomic E-state index is 0.0646. The first-order chi connectivity index (χ1) is 35.6. The second kappa shape index (κ2) is 30.2. The van der Waals surface area contributed by atoms with Gasteiger partial charge in [0.1, 0.15) is 11.4 Å². The van der Waals surface area contributed by atoms with Crippen molar-refractivity contribution in [3.8, 4) is 0 Å². The summed E-state index contributed by atoms with van der Waals surface area (Å²) < 4.78 is 32.8. The van der Waals surface area contributed by atoms with Gasteiger partial charge in [-0.15, -0.1) is 11.6 Å². The molecule has 6 rings (SSSR count). The maximum atomic E-state index is 12.3. The highest BCUT2D eigenvalue weighted by Crippen LogP contribution is 2.38. The van der Waals surface area contributed by atoms with Gasteiger partial charge < -0.3 is 42.0 Å². The molecule has 0 saturated carbocycles. The first-order valence-electron chi connectivity index (χ1n) is 27.3. The molecule has 6 aromatic heterocycles. The molecule has 0 atom stereocenters. The van der Waals surface area contributed by atoms with Gasteiger partial charge in [-0.1, -0.05) is 62.3 Å². The zero-order valence-corrected chi connectivity index (χ0v) is 53.2.